The Morgan fingerprint density at radius 3 is 1.55 bits per heavy atom. The minimum atomic E-state index is -1.12. The van der Waals surface area contributed by atoms with E-state index in [-0.39, 0.29) is 0 Å². The van der Waals surface area contributed by atoms with Crippen molar-refractivity contribution in [2.24, 2.45) is 5.73 Å². The molecule has 0 aromatic heterocycles. The van der Waals surface area contributed by atoms with Crippen LogP contribution in [0.2, 0.25) is 0 Å². The largest absolute Gasteiger partial charge is 0.394 e. The molecule has 3 atom stereocenters. The van der Waals surface area contributed by atoms with Crippen LogP contribution in [-0.4, -0.2) is 40.2 Å². The highest BCUT2D eigenvalue weighted by Crippen LogP contribution is 2.13. The molecule has 134 valence electrons. The normalized spacial score (nSPS) is 15.7. The van der Waals surface area contributed by atoms with E-state index in [2.05, 4.69) is 6.92 Å². The molecule has 4 nitrogen and oxygen atoms in total. The molecule has 0 aromatic carbocycles. The number of unbranched alkanes of at least 4 members (excludes halogenated alkanes) is 11. The van der Waals surface area contributed by atoms with Crippen molar-refractivity contribution in [3.8, 4) is 0 Å². The lowest BCUT2D eigenvalue weighted by Gasteiger charge is -2.22. The van der Waals surface area contributed by atoms with Crippen LogP contribution in [0.4, 0.5) is 0 Å². The van der Waals surface area contributed by atoms with E-state index >= 15 is 0 Å². The zero-order valence-corrected chi connectivity index (χ0v) is 14.6. The van der Waals surface area contributed by atoms with Crippen LogP contribution in [0.5, 0.6) is 0 Å². The fourth-order valence-electron chi connectivity index (χ4n) is 2.79. The van der Waals surface area contributed by atoms with Crippen molar-refractivity contribution in [3.05, 3.63) is 0 Å². The minimum absolute atomic E-state index is 0.437. The first kappa shape index (κ1) is 21.8. The van der Waals surface area contributed by atoms with Gasteiger partial charge < -0.3 is 21.1 Å². The predicted octanol–water partition coefficient (Wildman–Crippen LogP) is 3.12. The first-order chi connectivity index (χ1) is 10.6. The number of hydrogen-bond donors (Lipinski definition) is 4. The Hall–Kier alpha value is -0.160. The smallest absolute Gasteiger partial charge is 0.104 e. The van der Waals surface area contributed by atoms with Crippen molar-refractivity contribution in [3.63, 3.8) is 0 Å². The van der Waals surface area contributed by atoms with Gasteiger partial charge in [0.25, 0.3) is 0 Å². The molecule has 0 radical (unpaired) electrons. The molecule has 0 aliphatic heterocycles. The van der Waals surface area contributed by atoms with Crippen molar-refractivity contribution >= 4 is 0 Å². The van der Waals surface area contributed by atoms with E-state index in [0.717, 1.165) is 12.8 Å². The van der Waals surface area contributed by atoms with Crippen LogP contribution in [0.3, 0.4) is 0 Å². The van der Waals surface area contributed by atoms with Gasteiger partial charge in [-0.1, -0.05) is 84.0 Å². The Bertz CT molecular complexity index is 226. The van der Waals surface area contributed by atoms with Crippen molar-refractivity contribution < 1.29 is 15.3 Å². The van der Waals surface area contributed by atoms with E-state index in [1.54, 1.807) is 0 Å². The van der Waals surface area contributed by atoms with E-state index in [0.29, 0.717) is 6.42 Å². The molecular weight excluding hydrogens is 278 g/mol. The Morgan fingerprint density at radius 1 is 0.727 bits per heavy atom. The van der Waals surface area contributed by atoms with Gasteiger partial charge in [-0.15, -0.1) is 0 Å². The molecule has 0 unspecified atom stereocenters. The van der Waals surface area contributed by atoms with Gasteiger partial charge in [0, 0.05) is 6.04 Å². The highest BCUT2D eigenvalue weighted by atomic mass is 16.4. The molecule has 0 aliphatic carbocycles. The third kappa shape index (κ3) is 12.4. The van der Waals surface area contributed by atoms with Gasteiger partial charge in [0.2, 0.25) is 0 Å². The molecule has 0 bridgehead atoms. The summed E-state index contributed by atoms with van der Waals surface area (Å²) < 4.78 is 0. The summed E-state index contributed by atoms with van der Waals surface area (Å²) in [5, 5.41) is 27.7. The lowest BCUT2D eigenvalue weighted by Crippen LogP contribution is -2.44. The van der Waals surface area contributed by atoms with E-state index in [4.69, 9.17) is 10.8 Å². The molecule has 0 heterocycles. The van der Waals surface area contributed by atoms with Crippen LogP contribution in [-0.2, 0) is 0 Å². The first-order valence-corrected chi connectivity index (χ1v) is 9.36. The van der Waals surface area contributed by atoms with Crippen LogP contribution in [0, 0.1) is 0 Å². The fraction of sp³-hybridized carbons (Fsp3) is 1.00. The molecular formula is C18H39NO3. The van der Waals surface area contributed by atoms with Crippen molar-refractivity contribution in [2.75, 3.05) is 6.61 Å². The zero-order chi connectivity index (χ0) is 16.6. The second-order valence-corrected chi connectivity index (χ2v) is 6.58. The number of aliphatic hydroxyl groups is 3. The SMILES string of the molecule is CCCCCCCCCCCCCC[C@H](N)[C@H](O)[C@@H](O)CO. The molecule has 0 fully saturated rings. The maximum absolute atomic E-state index is 9.63. The van der Waals surface area contributed by atoms with Crippen molar-refractivity contribution in [1.82, 2.24) is 0 Å². The van der Waals surface area contributed by atoms with E-state index in [1.807, 2.05) is 0 Å². The third-order valence-electron chi connectivity index (χ3n) is 4.41. The fourth-order valence-corrected chi connectivity index (χ4v) is 2.79. The number of rotatable bonds is 16. The Balaban J connectivity index is 3.26. The average molecular weight is 318 g/mol. The molecule has 5 N–H and O–H groups in total. The van der Waals surface area contributed by atoms with Gasteiger partial charge in [0.05, 0.1) is 12.7 Å². The summed E-state index contributed by atoms with van der Waals surface area (Å²) in [7, 11) is 0. The van der Waals surface area contributed by atoms with Gasteiger partial charge in [-0.25, -0.2) is 0 Å². The Morgan fingerprint density at radius 2 is 1.14 bits per heavy atom. The molecule has 0 spiro atoms. The quantitative estimate of drug-likeness (QED) is 0.329. The summed E-state index contributed by atoms with van der Waals surface area (Å²) in [5.74, 6) is 0. The lowest BCUT2D eigenvalue weighted by molar-refractivity contribution is -0.0272. The lowest BCUT2D eigenvalue weighted by atomic mass is 9.99. The molecule has 0 aromatic rings. The Kier molecular flexibility index (Phi) is 15.6. The van der Waals surface area contributed by atoms with E-state index in [9.17, 15) is 10.2 Å². The standard InChI is InChI=1S/C18H39NO3/c1-2-3-4-5-6-7-8-9-10-11-12-13-14-16(19)18(22)17(21)15-20/h16-18,20-22H,2-15,19H2,1H3/t16-,17-,18-/m0/s1. The maximum atomic E-state index is 9.63. The van der Waals surface area contributed by atoms with Crippen LogP contribution < -0.4 is 5.73 Å². The first-order valence-electron chi connectivity index (χ1n) is 9.36. The van der Waals surface area contributed by atoms with Crippen LogP contribution in [0.25, 0.3) is 0 Å². The van der Waals surface area contributed by atoms with E-state index < -0.39 is 24.9 Å². The molecule has 0 rings (SSSR count). The maximum Gasteiger partial charge on any atom is 0.104 e. The van der Waals surface area contributed by atoms with Gasteiger partial charge in [-0.2, -0.15) is 0 Å². The van der Waals surface area contributed by atoms with Gasteiger partial charge >= 0.3 is 0 Å². The Labute approximate surface area is 137 Å². The highest BCUT2D eigenvalue weighted by molar-refractivity contribution is 4.77. The zero-order valence-electron chi connectivity index (χ0n) is 14.6. The van der Waals surface area contributed by atoms with Crippen LogP contribution >= 0.6 is 0 Å². The highest BCUT2D eigenvalue weighted by Gasteiger charge is 2.21. The summed E-state index contributed by atoms with van der Waals surface area (Å²) in [6, 6.07) is -0.440. The molecule has 0 aliphatic rings. The average Bonchev–Trinajstić information content (AvgIpc) is 2.54. The molecule has 0 saturated heterocycles. The summed E-state index contributed by atoms with van der Waals surface area (Å²) in [5.41, 5.74) is 5.80. The summed E-state index contributed by atoms with van der Waals surface area (Å²) in [4.78, 5) is 0. The summed E-state index contributed by atoms with van der Waals surface area (Å²) in [6.45, 7) is 1.82. The van der Waals surface area contributed by atoms with Gasteiger partial charge in [-0.3, -0.25) is 0 Å². The van der Waals surface area contributed by atoms with Crippen LogP contribution in [0.1, 0.15) is 90.4 Å². The predicted molar refractivity (Wildman–Crippen MR) is 92.8 cm³/mol. The second kappa shape index (κ2) is 15.7. The topological polar surface area (TPSA) is 86.7 Å². The monoisotopic (exact) mass is 317 g/mol. The third-order valence-corrected chi connectivity index (χ3v) is 4.41. The summed E-state index contributed by atoms with van der Waals surface area (Å²) >= 11 is 0. The van der Waals surface area contributed by atoms with Gasteiger partial charge in [0.15, 0.2) is 0 Å². The second-order valence-electron chi connectivity index (χ2n) is 6.58. The molecule has 4 heteroatoms. The van der Waals surface area contributed by atoms with Crippen molar-refractivity contribution in [1.29, 1.82) is 0 Å². The molecule has 0 amide bonds. The number of nitrogens with two attached hydrogens (primary N) is 1. The minimum Gasteiger partial charge on any atom is -0.394 e. The number of hydrogen-bond acceptors (Lipinski definition) is 4. The molecule has 0 saturated carbocycles. The number of aliphatic hydroxyl groups excluding tert-OH is 3. The summed E-state index contributed by atoms with van der Waals surface area (Å²) in [6.07, 6.45) is 14.1. The van der Waals surface area contributed by atoms with E-state index in [1.165, 1.54) is 64.2 Å². The van der Waals surface area contributed by atoms with Crippen molar-refractivity contribution in [2.45, 2.75) is 109 Å². The molecule has 22 heavy (non-hydrogen) atoms. The van der Waals surface area contributed by atoms with Crippen LogP contribution in [0.15, 0.2) is 0 Å². The van der Waals surface area contributed by atoms with Gasteiger partial charge in [0.1, 0.15) is 6.10 Å². The van der Waals surface area contributed by atoms with Gasteiger partial charge in [-0.05, 0) is 6.42 Å².